The number of amides is 1. The second-order valence-corrected chi connectivity index (χ2v) is 13.5. The zero-order chi connectivity index (χ0) is 39.8. The maximum atomic E-state index is 13.5. The van der Waals surface area contributed by atoms with Crippen LogP contribution >= 0.6 is 0 Å². The highest BCUT2D eigenvalue weighted by Crippen LogP contribution is 2.35. The van der Waals surface area contributed by atoms with Gasteiger partial charge in [-0.15, -0.1) is 10.1 Å². The van der Waals surface area contributed by atoms with E-state index in [1.807, 2.05) is 66.7 Å². The molecule has 304 valence electrons. The Labute approximate surface area is 332 Å². The molecule has 1 fully saturated rings. The molecule has 2 heterocycles. The molecule has 4 aromatic rings. The van der Waals surface area contributed by atoms with E-state index in [2.05, 4.69) is 14.6 Å². The number of nitrogens with zero attached hydrogens (tertiary/aromatic N) is 4. The van der Waals surface area contributed by atoms with Gasteiger partial charge in [-0.1, -0.05) is 30.3 Å². The first-order chi connectivity index (χ1) is 27.9. The number of methoxy groups -OCH3 is 2. The highest BCUT2D eigenvalue weighted by molar-refractivity contribution is 5.71. The van der Waals surface area contributed by atoms with E-state index in [4.69, 9.17) is 33.2 Å². The third-order valence-electron chi connectivity index (χ3n) is 9.61. The van der Waals surface area contributed by atoms with E-state index in [1.54, 1.807) is 43.4 Å². The van der Waals surface area contributed by atoms with Gasteiger partial charge in [0.05, 0.1) is 45.2 Å². The Morgan fingerprint density at radius 1 is 0.842 bits per heavy atom. The van der Waals surface area contributed by atoms with E-state index in [0.29, 0.717) is 64.0 Å². The number of anilines is 2. The van der Waals surface area contributed by atoms with Gasteiger partial charge in [0.2, 0.25) is 0 Å². The van der Waals surface area contributed by atoms with Gasteiger partial charge in [0, 0.05) is 63.6 Å². The fourth-order valence-corrected chi connectivity index (χ4v) is 6.75. The van der Waals surface area contributed by atoms with Crippen molar-refractivity contribution in [3.8, 4) is 28.7 Å². The molecule has 15 heteroatoms. The predicted molar refractivity (Wildman–Crippen MR) is 212 cm³/mol. The maximum Gasteiger partial charge on any atom is 0.415 e. The van der Waals surface area contributed by atoms with E-state index in [-0.39, 0.29) is 25.0 Å². The van der Waals surface area contributed by atoms with Crippen LogP contribution in [0.15, 0.2) is 91.0 Å². The summed E-state index contributed by atoms with van der Waals surface area (Å²) >= 11 is 0. The molecule has 0 radical (unpaired) electrons. The van der Waals surface area contributed by atoms with Crippen molar-refractivity contribution in [1.82, 2.24) is 4.90 Å². The number of hydrogen-bond donors (Lipinski definition) is 0. The highest BCUT2D eigenvalue weighted by atomic mass is 16.9. The van der Waals surface area contributed by atoms with Crippen molar-refractivity contribution in [2.45, 2.75) is 32.1 Å². The Hall–Kier alpha value is -5.93. The molecular weight excluding hydrogens is 736 g/mol. The summed E-state index contributed by atoms with van der Waals surface area (Å²) in [6.45, 7) is 5.71. The summed E-state index contributed by atoms with van der Waals surface area (Å²) in [5, 5.41) is 9.81. The van der Waals surface area contributed by atoms with Crippen molar-refractivity contribution in [2.75, 3.05) is 89.8 Å². The molecule has 0 saturated carbocycles. The summed E-state index contributed by atoms with van der Waals surface area (Å²) in [6.07, 6.45) is 1.09. The number of carbonyl (C=O) groups excluding carboxylic acids is 1. The number of rotatable bonds is 20. The number of piperazine rings is 1. The molecule has 0 aliphatic carbocycles. The number of hydrogen-bond acceptors (Lipinski definition) is 13. The van der Waals surface area contributed by atoms with Gasteiger partial charge in [-0.05, 0) is 66.6 Å². The van der Waals surface area contributed by atoms with Gasteiger partial charge in [-0.25, -0.2) is 4.79 Å². The maximum absolute atomic E-state index is 13.5. The van der Waals surface area contributed by atoms with Gasteiger partial charge in [-0.3, -0.25) is 0 Å². The number of para-hydroxylation sites is 1. The van der Waals surface area contributed by atoms with E-state index in [0.717, 1.165) is 60.1 Å². The molecule has 0 N–H and O–H groups in total. The van der Waals surface area contributed by atoms with Crippen molar-refractivity contribution >= 4 is 17.5 Å². The third kappa shape index (κ3) is 11.8. The largest absolute Gasteiger partial charge is 0.496 e. The number of carbonyl (C=O) groups is 1. The Bertz CT molecular complexity index is 1900. The van der Waals surface area contributed by atoms with Crippen molar-refractivity contribution < 1.29 is 47.9 Å². The quantitative estimate of drug-likeness (QED) is 0.0555. The normalized spacial score (nSPS) is 15.0. The monoisotopic (exact) mass is 786 g/mol. The number of fused-ring (bicyclic) bond motifs is 1. The molecule has 57 heavy (non-hydrogen) atoms. The first kappa shape index (κ1) is 40.7. The average Bonchev–Trinajstić information content (AvgIpc) is 3.24. The molecular formula is C42H50N4O11. The summed E-state index contributed by atoms with van der Waals surface area (Å²) in [4.78, 5) is 34.8. The Morgan fingerprint density at radius 2 is 1.68 bits per heavy atom. The molecule has 6 rings (SSSR count). The van der Waals surface area contributed by atoms with Crippen molar-refractivity contribution in [3.05, 3.63) is 112 Å². The zero-order valence-corrected chi connectivity index (χ0v) is 32.4. The lowest BCUT2D eigenvalue weighted by Gasteiger charge is -2.42. The van der Waals surface area contributed by atoms with Crippen LogP contribution in [-0.2, 0) is 27.5 Å². The first-order valence-corrected chi connectivity index (χ1v) is 19.1. The smallest absolute Gasteiger partial charge is 0.415 e. The molecule has 1 amide bonds. The summed E-state index contributed by atoms with van der Waals surface area (Å²) < 4.78 is 40.6. The summed E-state index contributed by atoms with van der Waals surface area (Å²) in [5.74, 6) is 3.33. The molecule has 0 spiro atoms. The highest BCUT2D eigenvalue weighted by Gasteiger charge is 2.32. The fourth-order valence-electron chi connectivity index (χ4n) is 6.75. The molecule has 1 saturated heterocycles. The summed E-state index contributed by atoms with van der Waals surface area (Å²) in [6, 6.07) is 27.8. The minimum absolute atomic E-state index is 0.233. The van der Waals surface area contributed by atoms with E-state index >= 15 is 0 Å². The Balaban J connectivity index is 1.08. The van der Waals surface area contributed by atoms with Crippen LogP contribution in [0.5, 0.6) is 28.7 Å². The summed E-state index contributed by atoms with van der Waals surface area (Å²) in [7, 11) is 3.36. The predicted octanol–water partition coefficient (Wildman–Crippen LogP) is 6.39. The van der Waals surface area contributed by atoms with Crippen LogP contribution in [0.3, 0.4) is 0 Å². The molecule has 0 bridgehead atoms. The van der Waals surface area contributed by atoms with Crippen LogP contribution in [0.1, 0.15) is 24.0 Å². The van der Waals surface area contributed by atoms with Crippen molar-refractivity contribution in [3.63, 3.8) is 0 Å². The molecule has 1 atom stereocenters. The van der Waals surface area contributed by atoms with Crippen LogP contribution in [-0.4, -0.2) is 102 Å². The molecule has 4 aromatic carbocycles. The van der Waals surface area contributed by atoms with E-state index in [1.165, 1.54) is 0 Å². The lowest BCUT2D eigenvalue weighted by molar-refractivity contribution is -0.763. The standard InChI is InChI=1S/C42H50N4O11/c1-50-22-6-18-43-21-25-54-41-17-16-37(27-39(41)43)55-31-35-28-44(42(47)57-38-10-5-8-32(26-38)29-56-46(48)49)19-20-45(35)34-12-14-36(15-13-34)53-24-7-23-52-30-33-9-3-4-11-40(33)51-2/h3-5,8-17,26-27,35H,6-7,18-25,28-31H2,1-2H3. The SMILES string of the molecule is COCCCN1CCOc2ccc(OCC3CN(C(=O)Oc4cccc(CO[N+](=O)[O-])c4)CCN3c3ccc(OCCCOCc4ccccc4OC)cc3)cc21. The van der Waals surface area contributed by atoms with Crippen molar-refractivity contribution in [1.29, 1.82) is 0 Å². The van der Waals surface area contributed by atoms with Gasteiger partial charge < -0.3 is 52.7 Å². The van der Waals surface area contributed by atoms with Gasteiger partial charge in [0.1, 0.15) is 48.6 Å². The van der Waals surface area contributed by atoms with Crippen LogP contribution in [0, 0.1) is 10.1 Å². The Morgan fingerprint density at radius 3 is 2.51 bits per heavy atom. The van der Waals surface area contributed by atoms with Gasteiger partial charge in [0.15, 0.2) is 0 Å². The molecule has 1 unspecified atom stereocenters. The Kier molecular flexibility index (Phi) is 14.9. The van der Waals surface area contributed by atoms with Gasteiger partial charge in [-0.2, -0.15) is 0 Å². The third-order valence-corrected chi connectivity index (χ3v) is 9.61. The zero-order valence-electron chi connectivity index (χ0n) is 32.4. The molecule has 15 nitrogen and oxygen atoms in total. The van der Waals surface area contributed by atoms with E-state index < -0.39 is 11.2 Å². The van der Waals surface area contributed by atoms with Crippen LogP contribution < -0.4 is 33.5 Å². The number of benzene rings is 4. The molecule has 2 aliphatic heterocycles. The van der Waals surface area contributed by atoms with E-state index in [9.17, 15) is 14.9 Å². The van der Waals surface area contributed by atoms with Crippen LogP contribution in [0.2, 0.25) is 0 Å². The second kappa shape index (κ2) is 20.8. The fraction of sp³-hybridized carbons (Fsp3) is 0.405. The lowest BCUT2D eigenvalue weighted by atomic mass is 10.1. The minimum atomic E-state index is -0.860. The van der Waals surface area contributed by atoms with Gasteiger partial charge in [0.25, 0.3) is 5.09 Å². The molecule has 0 aromatic heterocycles. The first-order valence-electron chi connectivity index (χ1n) is 19.1. The lowest BCUT2D eigenvalue weighted by Crippen LogP contribution is -2.57. The summed E-state index contributed by atoms with van der Waals surface area (Å²) in [5.41, 5.74) is 3.45. The minimum Gasteiger partial charge on any atom is -0.496 e. The van der Waals surface area contributed by atoms with Gasteiger partial charge >= 0.3 is 6.09 Å². The van der Waals surface area contributed by atoms with Crippen molar-refractivity contribution in [2.24, 2.45) is 0 Å². The van der Waals surface area contributed by atoms with Crippen LogP contribution in [0.25, 0.3) is 0 Å². The molecule has 2 aliphatic rings. The number of ether oxygens (including phenoxy) is 7. The van der Waals surface area contributed by atoms with Crippen LogP contribution in [0.4, 0.5) is 16.2 Å². The second-order valence-electron chi connectivity index (χ2n) is 13.5. The average molecular weight is 787 g/mol. The topological polar surface area (TPSA) is 144 Å².